The van der Waals surface area contributed by atoms with Crippen LogP contribution in [-0.4, -0.2) is 96.0 Å². The Hall–Kier alpha value is -2.37. The molecule has 6 atom stereocenters. The second-order valence-corrected chi connectivity index (χ2v) is 18.5. The van der Waals surface area contributed by atoms with Crippen LogP contribution >= 0.6 is 7.82 Å². The molecule has 12 heteroatoms. The highest BCUT2D eigenvalue weighted by molar-refractivity contribution is 7.48. The molecule has 1 N–H and O–H groups in total. The summed E-state index contributed by atoms with van der Waals surface area (Å²) in [7, 11) is 3.23. The minimum atomic E-state index is -3.52. The average molecular weight is 803 g/mol. The molecule has 2 saturated heterocycles. The zero-order chi connectivity index (χ0) is 40.6. The third-order valence-corrected chi connectivity index (χ3v) is 14.0. The molecule has 6 rings (SSSR count). The van der Waals surface area contributed by atoms with Gasteiger partial charge in [0.2, 0.25) is 0 Å². The van der Waals surface area contributed by atoms with Gasteiger partial charge < -0.3 is 24.1 Å². The van der Waals surface area contributed by atoms with Gasteiger partial charge in [0.05, 0.1) is 48.3 Å². The van der Waals surface area contributed by atoms with Gasteiger partial charge in [0.25, 0.3) is 0 Å². The third kappa shape index (κ3) is 10.6. The van der Waals surface area contributed by atoms with Gasteiger partial charge in [-0.3, -0.25) is 23.4 Å². The number of fused-ring (bicyclic) bond motifs is 6. The Morgan fingerprint density at radius 1 is 0.643 bits per heavy atom. The van der Waals surface area contributed by atoms with Crippen molar-refractivity contribution in [3.63, 3.8) is 0 Å². The van der Waals surface area contributed by atoms with Gasteiger partial charge in [0, 0.05) is 44.9 Å². The molecule has 0 spiro atoms. The van der Waals surface area contributed by atoms with E-state index in [1.165, 1.54) is 28.7 Å². The van der Waals surface area contributed by atoms with Crippen LogP contribution in [0.25, 0.3) is 0 Å². The summed E-state index contributed by atoms with van der Waals surface area (Å²) in [6.45, 7) is 18.2. The van der Waals surface area contributed by atoms with Crippen molar-refractivity contribution < 1.29 is 42.2 Å². The van der Waals surface area contributed by atoms with Crippen LogP contribution in [0.3, 0.4) is 0 Å². The van der Waals surface area contributed by atoms with Crippen LogP contribution in [0.5, 0.6) is 23.0 Å². The van der Waals surface area contributed by atoms with Crippen LogP contribution in [0.4, 0.5) is 0 Å². The van der Waals surface area contributed by atoms with Gasteiger partial charge in [-0.2, -0.15) is 0 Å². The Labute approximate surface area is 337 Å². The maximum Gasteiger partial charge on any atom is 0.474 e. The molecule has 11 nitrogen and oxygen atoms in total. The number of rotatable bonds is 16. The summed E-state index contributed by atoms with van der Waals surface area (Å²) >= 11 is 0. The number of piperidine rings is 2. The van der Waals surface area contributed by atoms with Crippen LogP contribution in [0, 0.1) is 35.5 Å². The number of ether oxygens (including phenoxy) is 4. The van der Waals surface area contributed by atoms with Crippen LogP contribution in [-0.2, 0) is 31.0 Å². The van der Waals surface area contributed by atoms with Gasteiger partial charge >= 0.3 is 7.82 Å². The monoisotopic (exact) mass is 802 g/mol. The fourth-order valence-corrected chi connectivity index (χ4v) is 11.0. The van der Waals surface area contributed by atoms with Crippen LogP contribution in [0.15, 0.2) is 24.3 Å². The van der Waals surface area contributed by atoms with Gasteiger partial charge in [-0.05, 0) is 134 Å². The molecule has 0 radical (unpaired) electrons. The Bertz CT molecular complexity index is 1590. The molecular weight excluding hydrogens is 731 g/mol. The summed E-state index contributed by atoms with van der Waals surface area (Å²) in [5.41, 5.74) is 5.35. The molecule has 2 aromatic carbocycles. The summed E-state index contributed by atoms with van der Waals surface area (Å²) in [6.07, 6.45) is 6.36. The Balaban J connectivity index is 0.000000223. The predicted octanol–water partition coefficient (Wildman–Crippen LogP) is 8.76. The van der Waals surface area contributed by atoms with Gasteiger partial charge in [0.1, 0.15) is 0 Å². The molecule has 0 aromatic heterocycles. The first-order chi connectivity index (χ1) is 26.9. The SMILES string of the molecule is CCOP(=O)(OCC)OC[C@@H]1C[C@@H]2c3cc(OC)c(OC)cc3CCN2C[C@H]1CC(C)C.COc1cc2c(cc1OC)[C@H]1C[C@@H](CO)[C@H](CC(C)C)CN1CC2. The average Bonchev–Trinajstić information content (AvgIpc) is 3.18. The topological polar surface area (TPSA) is 108 Å². The first kappa shape index (κ1) is 44.7. The number of phosphoric ester groups is 1. The molecule has 316 valence electrons. The number of aliphatic hydroxyl groups is 1. The molecule has 0 saturated carbocycles. The quantitative estimate of drug-likeness (QED) is 0.165. The fourth-order valence-electron chi connectivity index (χ4n) is 9.80. The van der Waals surface area contributed by atoms with E-state index in [9.17, 15) is 9.67 Å². The molecule has 4 aliphatic heterocycles. The maximum absolute atomic E-state index is 12.9. The third-order valence-electron chi connectivity index (χ3n) is 12.4. The highest BCUT2D eigenvalue weighted by Crippen LogP contribution is 2.52. The number of methoxy groups -OCH3 is 4. The van der Waals surface area contributed by atoms with Crippen molar-refractivity contribution in [2.24, 2.45) is 35.5 Å². The molecule has 0 aliphatic carbocycles. The zero-order valence-electron chi connectivity index (χ0n) is 35.9. The summed E-state index contributed by atoms with van der Waals surface area (Å²) in [5, 5.41) is 9.93. The number of hydrogen-bond acceptors (Lipinski definition) is 11. The summed E-state index contributed by atoms with van der Waals surface area (Å²) < 4.78 is 51.6. The fraction of sp³-hybridized carbons (Fsp3) is 0.727. The lowest BCUT2D eigenvalue weighted by Gasteiger charge is -2.47. The second-order valence-electron chi connectivity index (χ2n) is 16.9. The summed E-state index contributed by atoms with van der Waals surface area (Å²) in [5.74, 6) is 6.19. The minimum absolute atomic E-state index is 0.270. The van der Waals surface area contributed by atoms with E-state index in [4.69, 9.17) is 32.5 Å². The molecule has 2 aromatic rings. The largest absolute Gasteiger partial charge is 0.493 e. The van der Waals surface area contributed by atoms with Gasteiger partial charge in [-0.1, -0.05) is 27.7 Å². The number of phosphoric acid groups is 1. The van der Waals surface area contributed by atoms with E-state index in [-0.39, 0.29) is 12.0 Å². The van der Waals surface area contributed by atoms with Crippen molar-refractivity contribution in [3.05, 3.63) is 46.5 Å². The van der Waals surface area contributed by atoms with Crippen molar-refractivity contribution >= 4 is 7.82 Å². The lowest BCUT2D eigenvalue weighted by atomic mass is 9.74. The number of benzene rings is 2. The van der Waals surface area contributed by atoms with Crippen molar-refractivity contribution in [1.29, 1.82) is 0 Å². The molecule has 56 heavy (non-hydrogen) atoms. The van der Waals surface area contributed by atoms with E-state index in [0.29, 0.717) is 62.1 Å². The summed E-state index contributed by atoms with van der Waals surface area (Å²) in [6, 6.07) is 9.23. The number of aliphatic hydroxyl groups excluding tert-OH is 1. The van der Waals surface area contributed by atoms with E-state index >= 15 is 0 Å². The lowest BCUT2D eigenvalue weighted by molar-refractivity contribution is 0.0124. The normalized spacial score (nSPS) is 25.0. The standard InChI is InChI=1S/C24H40NO6P.C20H31NO3/c1-7-29-32(26,30-8-2)31-16-20-12-22-21-14-24(28-6)23(27-5)13-18(21)9-10-25(22)15-19(20)11-17(3)4;1-13(2)7-15-11-21-6-5-14-9-19(23-3)20(24-4)10-17(14)18(21)8-16(15)12-22/h13-14,17,19-20,22H,7-12,15-16H2,1-6H3;9-10,13,15-16,18,22H,5-8,11-12H2,1-4H3/t19-,20+,22-;15-,16+,18-/m11/s1. The smallest absolute Gasteiger partial charge is 0.474 e. The first-order valence-electron chi connectivity index (χ1n) is 21.0. The molecule has 4 heterocycles. The maximum atomic E-state index is 12.9. The zero-order valence-corrected chi connectivity index (χ0v) is 36.8. The highest BCUT2D eigenvalue weighted by Gasteiger charge is 2.42. The number of nitrogens with zero attached hydrogens (tertiary/aromatic N) is 2. The molecule has 2 fully saturated rings. The van der Waals surface area contributed by atoms with E-state index in [1.54, 1.807) is 42.3 Å². The van der Waals surface area contributed by atoms with Crippen molar-refractivity contribution in [1.82, 2.24) is 9.80 Å². The van der Waals surface area contributed by atoms with Gasteiger partial charge in [0.15, 0.2) is 23.0 Å². The number of hydrogen-bond donors (Lipinski definition) is 1. The van der Waals surface area contributed by atoms with E-state index in [1.807, 2.05) is 0 Å². The molecule has 0 bridgehead atoms. The van der Waals surface area contributed by atoms with Gasteiger partial charge in [-0.15, -0.1) is 0 Å². The highest BCUT2D eigenvalue weighted by atomic mass is 31.2. The minimum Gasteiger partial charge on any atom is -0.493 e. The van der Waals surface area contributed by atoms with Crippen molar-refractivity contribution in [2.75, 3.05) is 81.0 Å². The van der Waals surface area contributed by atoms with E-state index in [2.05, 4.69) is 61.8 Å². The molecular formula is C44H71N2O9P. The Morgan fingerprint density at radius 2 is 1.05 bits per heavy atom. The predicted molar refractivity (Wildman–Crippen MR) is 221 cm³/mol. The summed E-state index contributed by atoms with van der Waals surface area (Å²) in [4.78, 5) is 5.22. The van der Waals surface area contributed by atoms with Crippen LogP contribution in [0.2, 0.25) is 0 Å². The first-order valence-corrected chi connectivity index (χ1v) is 22.5. The van der Waals surface area contributed by atoms with Crippen LogP contribution < -0.4 is 18.9 Å². The lowest BCUT2D eigenvalue weighted by Crippen LogP contribution is -2.47. The van der Waals surface area contributed by atoms with Gasteiger partial charge in [-0.25, -0.2) is 4.57 Å². The van der Waals surface area contributed by atoms with Crippen molar-refractivity contribution in [2.45, 2.75) is 92.2 Å². The van der Waals surface area contributed by atoms with Crippen molar-refractivity contribution in [3.8, 4) is 23.0 Å². The van der Waals surface area contributed by atoms with Crippen LogP contribution in [0.1, 0.15) is 102 Å². The Morgan fingerprint density at radius 3 is 1.45 bits per heavy atom. The Kier molecular flexibility index (Phi) is 16.4. The molecule has 4 aliphatic rings. The van der Waals surface area contributed by atoms with E-state index in [0.717, 1.165) is 81.3 Å². The second kappa shape index (κ2) is 20.5. The molecule has 0 amide bonds. The molecule has 0 unspecified atom stereocenters. The van der Waals surface area contributed by atoms with E-state index < -0.39 is 7.82 Å².